The highest BCUT2D eigenvalue weighted by Crippen LogP contribution is 2.32. The van der Waals surface area contributed by atoms with Crippen molar-refractivity contribution in [2.45, 2.75) is 37.5 Å². The molecular formula is C14H20ClNOS. The van der Waals surface area contributed by atoms with E-state index >= 15 is 0 Å². The van der Waals surface area contributed by atoms with E-state index in [1.807, 2.05) is 13.0 Å². The normalized spacial score (nSPS) is 21.6. The van der Waals surface area contributed by atoms with Gasteiger partial charge in [0, 0.05) is 33.4 Å². The smallest absolute Gasteiger partial charge is 0.0408 e. The molecule has 0 aliphatic heterocycles. The number of hydrogen-bond donors (Lipinski definition) is 1. The molecule has 0 aromatic heterocycles. The maximum absolute atomic E-state index is 11.3. The molecule has 1 aliphatic rings. The van der Waals surface area contributed by atoms with Gasteiger partial charge in [0.1, 0.15) is 0 Å². The molecule has 100 valence electrons. The first-order valence-corrected chi connectivity index (χ1v) is 8.42. The first kappa shape index (κ1) is 14.0. The Bertz CT molecular complexity index is 449. The second-order valence-corrected chi connectivity index (χ2v) is 7.22. The van der Waals surface area contributed by atoms with Gasteiger partial charge in [-0.3, -0.25) is 4.21 Å². The summed E-state index contributed by atoms with van der Waals surface area (Å²) in [4.78, 5) is 0. The Balaban J connectivity index is 1.88. The van der Waals surface area contributed by atoms with E-state index in [2.05, 4.69) is 17.4 Å². The molecule has 3 unspecified atom stereocenters. The number of aryl methyl sites for hydroxylation is 1. The molecule has 1 N–H and O–H groups in total. The summed E-state index contributed by atoms with van der Waals surface area (Å²) < 4.78 is 11.3. The fourth-order valence-electron chi connectivity index (χ4n) is 2.42. The van der Waals surface area contributed by atoms with Crippen LogP contribution in [0.4, 0.5) is 0 Å². The Labute approximate surface area is 117 Å². The van der Waals surface area contributed by atoms with Gasteiger partial charge in [-0.05, 0) is 49.1 Å². The Hall–Kier alpha value is -0.380. The van der Waals surface area contributed by atoms with Gasteiger partial charge in [-0.25, -0.2) is 0 Å². The average Bonchev–Trinajstić information content (AvgIpc) is 2.71. The molecule has 0 radical (unpaired) electrons. The second-order valence-electron chi connectivity index (χ2n) is 4.99. The van der Waals surface area contributed by atoms with Gasteiger partial charge < -0.3 is 5.32 Å². The minimum Gasteiger partial charge on any atom is -0.310 e. The zero-order valence-corrected chi connectivity index (χ0v) is 12.5. The molecule has 0 spiro atoms. The lowest BCUT2D eigenvalue weighted by Crippen LogP contribution is -2.24. The van der Waals surface area contributed by atoms with Crippen LogP contribution < -0.4 is 5.32 Å². The largest absolute Gasteiger partial charge is 0.310 e. The molecule has 1 aliphatic carbocycles. The zero-order chi connectivity index (χ0) is 13.1. The summed E-state index contributed by atoms with van der Waals surface area (Å²) in [6.45, 7) is 2.97. The van der Waals surface area contributed by atoms with Gasteiger partial charge in [-0.2, -0.15) is 0 Å². The van der Waals surface area contributed by atoms with E-state index in [0.717, 1.165) is 30.8 Å². The summed E-state index contributed by atoms with van der Waals surface area (Å²) in [7, 11) is -0.719. The summed E-state index contributed by atoms with van der Waals surface area (Å²) in [5.41, 5.74) is 2.75. The van der Waals surface area contributed by atoms with Crippen LogP contribution in [0.5, 0.6) is 0 Å². The van der Waals surface area contributed by atoms with Gasteiger partial charge in [0.05, 0.1) is 0 Å². The van der Waals surface area contributed by atoms with E-state index in [4.69, 9.17) is 11.6 Å². The Morgan fingerprint density at radius 3 is 3.06 bits per heavy atom. The van der Waals surface area contributed by atoms with Gasteiger partial charge in [-0.15, -0.1) is 0 Å². The predicted molar refractivity (Wildman–Crippen MR) is 78.7 cm³/mol. The van der Waals surface area contributed by atoms with Gasteiger partial charge >= 0.3 is 0 Å². The molecule has 1 aromatic carbocycles. The van der Waals surface area contributed by atoms with E-state index < -0.39 is 10.8 Å². The van der Waals surface area contributed by atoms with Crippen LogP contribution >= 0.6 is 11.6 Å². The third kappa shape index (κ3) is 3.34. The molecule has 0 saturated carbocycles. The van der Waals surface area contributed by atoms with Crippen LogP contribution in [0.25, 0.3) is 0 Å². The second kappa shape index (κ2) is 6.18. The number of nitrogens with one attached hydrogen (secondary N) is 1. The first-order chi connectivity index (χ1) is 8.58. The summed E-state index contributed by atoms with van der Waals surface area (Å²) in [6, 6.07) is 6.60. The highest BCUT2D eigenvalue weighted by molar-refractivity contribution is 7.84. The van der Waals surface area contributed by atoms with Gasteiger partial charge in [-0.1, -0.05) is 24.6 Å². The van der Waals surface area contributed by atoms with Crippen molar-refractivity contribution in [2.75, 3.05) is 12.8 Å². The average molecular weight is 286 g/mol. The topological polar surface area (TPSA) is 29.1 Å². The number of halogens is 1. The van der Waals surface area contributed by atoms with E-state index in [0.29, 0.717) is 6.04 Å². The van der Waals surface area contributed by atoms with Crippen LogP contribution in [0.1, 0.15) is 36.9 Å². The van der Waals surface area contributed by atoms with Crippen LogP contribution in [0.3, 0.4) is 0 Å². The van der Waals surface area contributed by atoms with Crippen LogP contribution in [-0.4, -0.2) is 22.3 Å². The van der Waals surface area contributed by atoms with Crippen molar-refractivity contribution in [3.05, 3.63) is 34.3 Å². The molecule has 0 amide bonds. The quantitative estimate of drug-likeness (QED) is 0.901. The summed E-state index contributed by atoms with van der Waals surface area (Å²) in [5.74, 6) is 0. The number of rotatable bonds is 5. The van der Waals surface area contributed by atoms with Crippen molar-refractivity contribution >= 4 is 22.4 Å². The maximum Gasteiger partial charge on any atom is 0.0408 e. The van der Waals surface area contributed by atoms with Crippen LogP contribution in [0, 0.1) is 0 Å². The fourth-order valence-corrected chi connectivity index (χ4v) is 3.07. The molecule has 0 fully saturated rings. The third-order valence-corrected chi connectivity index (χ3v) is 5.30. The number of hydrogen-bond acceptors (Lipinski definition) is 2. The monoisotopic (exact) mass is 285 g/mol. The molecule has 2 nitrogen and oxygen atoms in total. The van der Waals surface area contributed by atoms with Crippen molar-refractivity contribution in [1.82, 2.24) is 5.32 Å². The van der Waals surface area contributed by atoms with E-state index in [-0.39, 0.29) is 5.25 Å². The van der Waals surface area contributed by atoms with Crippen molar-refractivity contribution in [2.24, 2.45) is 0 Å². The minimum atomic E-state index is -0.719. The standard InChI is InChI=1S/C14H20ClNOS/c1-10(18(2)17)7-8-16-14-6-3-11-9-12(15)4-5-13(11)14/h4-5,9-10,14,16H,3,6-8H2,1-2H3. The van der Waals surface area contributed by atoms with E-state index in [1.54, 1.807) is 6.26 Å². The number of benzene rings is 1. The van der Waals surface area contributed by atoms with E-state index in [9.17, 15) is 4.21 Å². The molecule has 0 bridgehead atoms. The highest BCUT2D eigenvalue weighted by Gasteiger charge is 2.22. The Morgan fingerprint density at radius 2 is 2.33 bits per heavy atom. The molecule has 0 saturated heterocycles. The molecule has 3 atom stereocenters. The third-order valence-electron chi connectivity index (χ3n) is 3.69. The highest BCUT2D eigenvalue weighted by atomic mass is 35.5. The van der Waals surface area contributed by atoms with Gasteiger partial charge in [0.15, 0.2) is 0 Å². The zero-order valence-electron chi connectivity index (χ0n) is 10.9. The van der Waals surface area contributed by atoms with Crippen molar-refractivity contribution in [3.63, 3.8) is 0 Å². The van der Waals surface area contributed by atoms with Crippen molar-refractivity contribution in [1.29, 1.82) is 0 Å². The van der Waals surface area contributed by atoms with E-state index in [1.165, 1.54) is 11.1 Å². The van der Waals surface area contributed by atoms with Gasteiger partial charge in [0.25, 0.3) is 0 Å². The minimum absolute atomic E-state index is 0.267. The molecule has 4 heteroatoms. The first-order valence-electron chi connectivity index (χ1n) is 6.42. The summed E-state index contributed by atoms with van der Waals surface area (Å²) in [6.07, 6.45) is 4.97. The summed E-state index contributed by atoms with van der Waals surface area (Å²) in [5, 5.41) is 4.66. The van der Waals surface area contributed by atoms with Crippen LogP contribution in [0.15, 0.2) is 18.2 Å². The lowest BCUT2D eigenvalue weighted by Gasteiger charge is -2.15. The van der Waals surface area contributed by atoms with Crippen LogP contribution in [0.2, 0.25) is 5.02 Å². The SMILES string of the molecule is CC(CCNC1CCc2cc(Cl)ccc21)S(C)=O. The summed E-state index contributed by atoms with van der Waals surface area (Å²) >= 11 is 6.00. The Kier molecular flexibility index (Phi) is 4.82. The predicted octanol–water partition coefficient (Wildman–Crippen LogP) is 3.07. The fraction of sp³-hybridized carbons (Fsp3) is 0.571. The maximum atomic E-state index is 11.3. The lowest BCUT2D eigenvalue weighted by atomic mass is 10.1. The lowest BCUT2D eigenvalue weighted by molar-refractivity contribution is 0.518. The molecule has 2 rings (SSSR count). The molecule has 0 heterocycles. The van der Waals surface area contributed by atoms with Crippen LogP contribution in [-0.2, 0) is 17.2 Å². The number of fused-ring (bicyclic) bond motifs is 1. The van der Waals surface area contributed by atoms with Gasteiger partial charge in [0.2, 0.25) is 0 Å². The van der Waals surface area contributed by atoms with Crippen molar-refractivity contribution in [3.8, 4) is 0 Å². The van der Waals surface area contributed by atoms with Crippen molar-refractivity contribution < 1.29 is 4.21 Å². The molecule has 1 aromatic rings. The Morgan fingerprint density at radius 1 is 1.56 bits per heavy atom. The molecule has 18 heavy (non-hydrogen) atoms. The molecular weight excluding hydrogens is 266 g/mol.